The molecule has 0 saturated carbocycles. The Morgan fingerprint density at radius 3 is 2.90 bits per heavy atom. The van der Waals surface area contributed by atoms with E-state index in [4.69, 9.17) is 16.3 Å². The fourth-order valence-corrected chi connectivity index (χ4v) is 1.86. The average molecular weight is 304 g/mol. The summed E-state index contributed by atoms with van der Waals surface area (Å²) >= 11 is 5.62. The van der Waals surface area contributed by atoms with Crippen molar-refractivity contribution in [3.63, 3.8) is 0 Å². The SMILES string of the molecule is Cc1ccc(OCc2cncc(F)c2)c(C#CCCCl)c1. The smallest absolute Gasteiger partial charge is 0.141 e. The summed E-state index contributed by atoms with van der Waals surface area (Å²) in [6, 6.07) is 7.18. The first-order valence-electron chi connectivity index (χ1n) is 6.57. The molecule has 21 heavy (non-hydrogen) atoms. The molecule has 1 aromatic heterocycles. The Bertz CT molecular complexity index is 676. The third kappa shape index (κ3) is 4.77. The molecule has 4 heteroatoms. The molecule has 1 aromatic carbocycles. The number of hydrogen-bond donors (Lipinski definition) is 0. The van der Waals surface area contributed by atoms with Crippen LogP contribution in [0.4, 0.5) is 4.39 Å². The number of aromatic nitrogens is 1. The van der Waals surface area contributed by atoms with Gasteiger partial charge in [-0.25, -0.2) is 4.39 Å². The lowest BCUT2D eigenvalue weighted by molar-refractivity contribution is 0.304. The van der Waals surface area contributed by atoms with Gasteiger partial charge in [-0.05, 0) is 30.7 Å². The Balaban J connectivity index is 2.14. The van der Waals surface area contributed by atoms with Crippen molar-refractivity contribution in [2.24, 2.45) is 0 Å². The van der Waals surface area contributed by atoms with E-state index in [1.54, 1.807) is 6.20 Å². The summed E-state index contributed by atoms with van der Waals surface area (Å²) in [7, 11) is 0. The van der Waals surface area contributed by atoms with Crippen molar-refractivity contribution in [1.29, 1.82) is 0 Å². The van der Waals surface area contributed by atoms with Crippen LogP contribution in [-0.2, 0) is 6.61 Å². The molecule has 2 nitrogen and oxygen atoms in total. The molecule has 2 aromatic rings. The van der Waals surface area contributed by atoms with Gasteiger partial charge >= 0.3 is 0 Å². The molecule has 0 amide bonds. The quantitative estimate of drug-likeness (QED) is 0.627. The summed E-state index contributed by atoms with van der Waals surface area (Å²) < 4.78 is 18.8. The third-order valence-electron chi connectivity index (χ3n) is 2.73. The third-order valence-corrected chi connectivity index (χ3v) is 2.92. The molecule has 0 aliphatic heterocycles. The van der Waals surface area contributed by atoms with E-state index in [-0.39, 0.29) is 12.4 Å². The van der Waals surface area contributed by atoms with E-state index >= 15 is 0 Å². The number of aryl methyl sites for hydroxylation is 1. The fourth-order valence-electron chi connectivity index (χ4n) is 1.77. The number of hydrogen-bond acceptors (Lipinski definition) is 2. The summed E-state index contributed by atoms with van der Waals surface area (Å²) in [6.07, 6.45) is 3.37. The summed E-state index contributed by atoms with van der Waals surface area (Å²) in [5, 5.41) is 0. The monoisotopic (exact) mass is 303 g/mol. The van der Waals surface area contributed by atoms with E-state index < -0.39 is 0 Å². The number of nitrogens with zero attached hydrogens (tertiary/aromatic N) is 1. The second-order valence-electron chi connectivity index (χ2n) is 4.54. The minimum Gasteiger partial charge on any atom is -0.488 e. The molecule has 108 valence electrons. The van der Waals surface area contributed by atoms with Crippen LogP contribution in [0.3, 0.4) is 0 Å². The van der Waals surface area contributed by atoms with E-state index in [0.29, 0.717) is 23.6 Å². The van der Waals surface area contributed by atoms with Gasteiger partial charge in [0.05, 0.1) is 11.8 Å². The second-order valence-corrected chi connectivity index (χ2v) is 4.92. The van der Waals surface area contributed by atoms with Crippen molar-refractivity contribution in [3.8, 4) is 17.6 Å². The molecule has 0 spiro atoms. The van der Waals surface area contributed by atoms with Gasteiger partial charge < -0.3 is 4.74 Å². The Kier molecular flexibility index (Phi) is 5.59. The van der Waals surface area contributed by atoms with Crippen LogP contribution in [0.25, 0.3) is 0 Å². The summed E-state index contributed by atoms with van der Waals surface area (Å²) in [5.41, 5.74) is 2.59. The first kappa shape index (κ1) is 15.3. The minimum atomic E-state index is -0.373. The van der Waals surface area contributed by atoms with Crippen molar-refractivity contribution >= 4 is 11.6 Å². The van der Waals surface area contributed by atoms with Crippen molar-refractivity contribution in [2.75, 3.05) is 5.88 Å². The van der Waals surface area contributed by atoms with Crippen molar-refractivity contribution in [3.05, 3.63) is 59.2 Å². The van der Waals surface area contributed by atoms with Crippen LogP contribution in [-0.4, -0.2) is 10.9 Å². The normalized spacial score (nSPS) is 9.86. The molecule has 0 fully saturated rings. The van der Waals surface area contributed by atoms with Gasteiger partial charge in [-0.3, -0.25) is 4.98 Å². The van der Waals surface area contributed by atoms with Crippen molar-refractivity contribution in [1.82, 2.24) is 4.98 Å². The van der Waals surface area contributed by atoms with E-state index in [1.807, 2.05) is 25.1 Å². The number of benzene rings is 1. The lowest BCUT2D eigenvalue weighted by Crippen LogP contribution is -1.99. The first-order chi connectivity index (χ1) is 10.2. The standard InChI is InChI=1S/C17H15ClFNO/c1-13-5-6-17(15(8-13)4-2-3-7-18)21-12-14-9-16(19)11-20-10-14/h5-6,8-11H,3,7,12H2,1H3. The average Bonchev–Trinajstić information content (AvgIpc) is 2.47. The lowest BCUT2D eigenvalue weighted by Gasteiger charge is -2.09. The van der Waals surface area contributed by atoms with Gasteiger partial charge in [-0.15, -0.1) is 11.6 Å². The first-order valence-corrected chi connectivity index (χ1v) is 7.10. The molecule has 0 aliphatic carbocycles. The van der Waals surface area contributed by atoms with E-state index in [2.05, 4.69) is 16.8 Å². The van der Waals surface area contributed by atoms with Crippen LogP contribution in [0.2, 0.25) is 0 Å². The molecule has 0 radical (unpaired) electrons. The number of ether oxygens (including phenoxy) is 1. The molecule has 0 saturated heterocycles. The zero-order valence-corrected chi connectivity index (χ0v) is 12.5. The van der Waals surface area contributed by atoms with E-state index in [1.165, 1.54) is 12.3 Å². The minimum absolute atomic E-state index is 0.248. The Morgan fingerprint density at radius 2 is 2.14 bits per heavy atom. The number of pyridine rings is 1. The Morgan fingerprint density at radius 1 is 1.29 bits per heavy atom. The topological polar surface area (TPSA) is 22.1 Å². The fraction of sp³-hybridized carbons (Fsp3) is 0.235. The predicted octanol–water partition coefficient (Wildman–Crippen LogP) is 4.09. The van der Waals surface area contributed by atoms with Crippen molar-refractivity contribution in [2.45, 2.75) is 20.0 Å². The molecule has 0 aliphatic rings. The zero-order chi connectivity index (χ0) is 15.1. The van der Waals surface area contributed by atoms with Gasteiger partial charge in [0.2, 0.25) is 0 Å². The van der Waals surface area contributed by atoms with Crippen LogP contribution < -0.4 is 4.74 Å². The van der Waals surface area contributed by atoms with Crippen LogP contribution in [0.15, 0.2) is 36.7 Å². The maximum absolute atomic E-state index is 13.1. The summed E-state index contributed by atoms with van der Waals surface area (Å²) in [5.74, 6) is 6.85. The van der Waals surface area contributed by atoms with Gasteiger partial charge in [-0.1, -0.05) is 17.9 Å². The Labute approximate surface area is 128 Å². The molecule has 0 unspecified atom stereocenters. The predicted molar refractivity (Wildman–Crippen MR) is 81.9 cm³/mol. The van der Waals surface area contributed by atoms with Gasteiger partial charge in [0, 0.05) is 24.1 Å². The van der Waals surface area contributed by atoms with Gasteiger partial charge in [0.15, 0.2) is 0 Å². The summed E-state index contributed by atoms with van der Waals surface area (Å²) in [4.78, 5) is 3.80. The molecule has 0 N–H and O–H groups in total. The molecule has 0 bridgehead atoms. The van der Waals surface area contributed by atoms with Crippen molar-refractivity contribution < 1.29 is 9.13 Å². The van der Waals surface area contributed by atoms with Crippen LogP contribution in [0.5, 0.6) is 5.75 Å². The van der Waals surface area contributed by atoms with Crippen LogP contribution in [0.1, 0.15) is 23.1 Å². The Hall–Kier alpha value is -2.05. The number of alkyl halides is 1. The van der Waals surface area contributed by atoms with Gasteiger partial charge in [0.25, 0.3) is 0 Å². The maximum atomic E-state index is 13.1. The maximum Gasteiger partial charge on any atom is 0.141 e. The highest BCUT2D eigenvalue weighted by atomic mass is 35.5. The van der Waals surface area contributed by atoms with Crippen LogP contribution in [0, 0.1) is 24.6 Å². The zero-order valence-electron chi connectivity index (χ0n) is 11.7. The highest BCUT2D eigenvalue weighted by molar-refractivity contribution is 6.18. The van der Waals surface area contributed by atoms with Gasteiger partial charge in [-0.2, -0.15) is 0 Å². The van der Waals surface area contributed by atoms with Crippen LogP contribution >= 0.6 is 11.6 Å². The molecular weight excluding hydrogens is 289 g/mol. The molecule has 1 heterocycles. The summed E-state index contributed by atoms with van der Waals surface area (Å²) in [6.45, 7) is 2.24. The lowest BCUT2D eigenvalue weighted by atomic mass is 10.1. The molecule has 0 atom stereocenters. The number of rotatable bonds is 4. The second kappa shape index (κ2) is 7.66. The largest absolute Gasteiger partial charge is 0.488 e. The van der Waals surface area contributed by atoms with E-state index in [9.17, 15) is 4.39 Å². The highest BCUT2D eigenvalue weighted by Crippen LogP contribution is 2.20. The van der Waals surface area contributed by atoms with Gasteiger partial charge in [0.1, 0.15) is 18.2 Å². The number of halogens is 2. The van der Waals surface area contributed by atoms with E-state index in [0.717, 1.165) is 11.1 Å². The highest BCUT2D eigenvalue weighted by Gasteiger charge is 2.03. The molecular formula is C17H15ClFNO. The molecule has 2 rings (SSSR count).